The first-order valence-corrected chi connectivity index (χ1v) is 18.4. The zero-order valence-electron chi connectivity index (χ0n) is 26.5. The summed E-state index contributed by atoms with van der Waals surface area (Å²) in [6, 6.07) is 0. The molecule has 0 aromatic rings. The minimum absolute atomic E-state index is 0.0293. The molecule has 0 radical (unpaired) electrons. The Kier molecular flexibility index (Phi) is 14.0. The van der Waals surface area contributed by atoms with Crippen molar-refractivity contribution in [1.29, 1.82) is 0 Å². The fourth-order valence-corrected chi connectivity index (χ4v) is 9.84. The minimum atomic E-state index is -1.25. The van der Waals surface area contributed by atoms with E-state index in [0.29, 0.717) is 23.7 Å². The molecule has 7 atom stereocenters. The van der Waals surface area contributed by atoms with Crippen LogP contribution in [0.3, 0.4) is 0 Å². The van der Waals surface area contributed by atoms with Crippen molar-refractivity contribution in [3.05, 3.63) is 0 Å². The van der Waals surface area contributed by atoms with E-state index in [1.54, 1.807) is 0 Å². The molecule has 0 saturated heterocycles. The van der Waals surface area contributed by atoms with Crippen molar-refractivity contribution in [2.24, 2.45) is 47.3 Å². The van der Waals surface area contributed by atoms with Crippen molar-refractivity contribution in [3.63, 3.8) is 0 Å². The van der Waals surface area contributed by atoms with Gasteiger partial charge in [-0.2, -0.15) is 0 Å². The third-order valence-electron chi connectivity index (χ3n) is 12.6. The van der Waals surface area contributed by atoms with Crippen LogP contribution in [0.1, 0.15) is 168 Å². The van der Waals surface area contributed by atoms with Crippen LogP contribution in [0, 0.1) is 47.3 Å². The van der Waals surface area contributed by atoms with Gasteiger partial charge in [0.2, 0.25) is 0 Å². The second-order valence-electron chi connectivity index (χ2n) is 15.2. The maximum Gasteiger partial charge on any atom is 0.134 e. The highest BCUT2D eigenvalue weighted by Crippen LogP contribution is 2.47. The Hall–Kier alpha value is -0.210. The van der Waals surface area contributed by atoms with Gasteiger partial charge in [0.1, 0.15) is 18.5 Å². The van der Waals surface area contributed by atoms with E-state index in [0.717, 1.165) is 70.1 Å². The summed E-state index contributed by atoms with van der Waals surface area (Å²) < 4.78 is 46.0. The normalized spacial score (nSPS) is 41.2. The largest absolute Gasteiger partial charge is 0.247 e. The molecular formula is C37H65F3. The van der Waals surface area contributed by atoms with E-state index >= 15 is 13.2 Å². The van der Waals surface area contributed by atoms with Gasteiger partial charge in [0.05, 0.1) is 0 Å². The Labute approximate surface area is 246 Å². The molecule has 4 saturated carbocycles. The van der Waals surface area contributed by atoms with Crippen LogP contribution in [0.4, 0.5) is 13.2 Å². The number of hydrogen-bond acceptors (Lipinski definition) is 0. The zero-order valence-corrected chi connectivity index (χ0v) is 26.5. The monoisotopic (exact) mass is 567 g/mol. The molecule has 7 unspecified atom stereocenters. The van der Waals surface area contributed by atoms with Gasteiger partial charge < -0.3 is 0 Å². The van der Waals surface area contributed by atoms with Crippen LogP contribution in [0.15, 0.2) is 0 Å². The number of alkyl halides is 3. The van der Waals surface area contributed by atoms with E-state index in [4.69, 9.17) is 0 Å². The summed E-state index contributed by atoms with van der Waals surface area (Å²) in [6.07, 6.45) is 24.9. The Morgan fingerprint density at radius 3 is 1.62 bits per heavy atom. The van der Waals surface area contributed by atoms with Crippen molar-refractivity contribution in [2.75, 3.05) is 0 Å². The molecular weight excluding hydrogens is 501 g/mol. The number of rotatable bonds is 14. The number of hydrogen-bond donors (Lipinski definition) is 0. The molecule has 0 amide bonds. The summed E-state index contributed by atoms with van der Waals surface area (Å²) in [5.74, 6) is 3.27. The predicted molar refractivity (Wildman–Crippen MR) is 165 cm³/mol. The van der Waals surface area contributed by atoms with Gasteiger partial charge in [-0.05, 0) is 112 Å². The highest BCUT2D eigenvalue weighted by molar-refractivity contribution is 4.93. The SMILES string of the molecule is CCCCCCC1CCC(C2CCC(CCC3CCC(C4CCC(CCCCC)CC4)C(F)C3F)CC2)C(F)C1. The standard InChI is InChI=1S/C37H65F3/c1-3-5-7-9-11-29-17-24-33(35(38)26-29)30-18-14-28(15-19-30)16-22-32-23-25-34(37(40)36(32)39)31-20-12-27(13-21-31)10-8-6-4-2/h27-37H,3-26H2,1-2H3. The molecule has 0 aliphatic heterocycles. The first-order valence-electron chi connectivity index (χ1n) is 18.4. The van der Waals surface area contributed by atoms with E-state index in [-0.39, 0.29) is 17.8 Å². The molecule has 0 heterocycles. The summed E-state index contributed by atoms with van der Waals surface area (Å²) in [4.78, 5) is 0. The highest BCUT2D eigenvalue weighted by Gasteiger charge is 2.44. The molecule has 0 nitrogen and oxygen atoms in total. The highest BCUT2D eigenvalue weighted by atomic mass is 19.2. The van der Waals surface area contributed by atoms with E-state index in [1.165, 1.54) is 89.9 Å². The van der Waals surface area contributed by atoms with Crippen LogP contribution >= 0.6 is 0 Å². The molecule has 0 aromatic carbocycles. The van der Waals surface area contributed by atoms with E-state index in [1.807, 2.05) is 0 Å². The van der Waals surface area contributed by atoms with Crippen LogP contribution in [0.25, 0.3) is 0 Å². The van der Waals surface area contributed by atoms with Gasteiger partial charge in [-0.15, -0.1) is 0 Å². The lowest BCUT2D eigenvalue weighted by atomic mass is 9.65. The van der Waals surface area contributed by atoms with Gasteiger partial charge in [0.15, 0.2) is 0 Å². The van der Waals surface area contributed by atoms with Crippen molar-refractivity contribution in [2.45, 2.75) is 186 Å². The quantitative estimate of drug-likeness (QED) is 0.183. The van der Waals surface area contributed by atoms with Crippen LogP contribution in [0.2, 0.25) is 0 Å². The minimum Gasteiger partial charge on any atom is -0.247 e. The molecule has 3 heteroatoms. The first kappa shape index (κ1) is 32.7. The maximum atomic E-state index is 15.4. The summed E-state index contributed by atoms with van der Waals surface area (Å²) in [5.41, 5.74) is 0. The van der Waals surface area contributed by atoms with Crippen LogP contribution in [-0.4, -0.2) is 18.5 Å². The second-order valence-corrected chi connectivity index (χ2v) is 15.2. The Balaban J connectivity index is 1.11. The predicted octanol–water partition coefficient (Wildman–Crippen LogP) is 12.4. The number of halogens is 3. The van der Waals surface area contributed by atoms with Gasteiger partial charge in [-0.25, -0.2) is 13.2 Å². The van der Waals surface area contributed by atoms with Gasteiger partial charge >= 0.3 is 0 Å². The average molecular weight is 567 g/mol. The van der Waals surface area contributed by atoms with Gasteiger partial charge in [0, 0.05) is 0 Å². The van der Waals surface area contributed by atoms with E-state index < -0.39 is 18.5 Å². The molecule has 4 aliphatic rings. The molecule has 40 heavy (non-hydrogen) atoms. The smallest absolute Gasteiger partial charge is 0.134 e. The van der Waals surface area contributed by atoms with Gasteiger partial charge in [0.25, 0.3) is 0 Å². The molecule has 234 valence electrons. The van der Waals surface area contributed by atoms with E-state index in [2.05, 4.69) is 13.8 Å². The lowest BCUT2D eigenvalue weighted by molar-refractivity contribution is -0.0166. The fourth-order valence-electron chi connectivity index (χ4n) is 9.84. The Morgan fingerprint density at radius 1 is 0.450 bits per heavy atom. The summed E-state index contributed by atoms with van der Waals surface area (Å²) >= 11 is 0. The third-order valence-corrected chi connectivity index (χ3v) is 12.6. The molecule has 0 aromatic heterocycles. The number of unbranched alkanes of at least 4 members (excludes halogenated alkanes) is 5. The Morgan fingerprint density at radius 2 is 0.975 bits per heavy atom. The topological polar surface area (TPSA) is 0 Å². The van der Waals surface area contributed by atoms with Gasteiger partial charge in [-0.3, -0.25) is 0 Å². The molecule has 0 bridgehead atoms. The van der Waals surface area contributed by atoms with Crippen LogP contribution in [0.5, 0.6) is 0 Å². The molecule has 0 N–H and O–H groups in total. The molecule has 4 fully saturated rings. The van der Waals surface area contributed by atoms with Crippen molar-refractivity contribution >= 4 is 0 Å². The van der Waals surface area contributed by atoms with Gasteiger partial charge in [-0.1, -0.05) is 104 Å². The molecule has 4 rings (SSSR count). The van der Waals surface area contributed by atoms with Crippen molar-refractivity contribution in [1.82, 2.24) is 0 Å². The third kappa shape index (κ3) is 9.39. The summed E-state index contributed by atoms with van der Waals surface area (Å²) in [6.45, 7) is 4.51. The van der Waals surface area contributed by atoms with Crippen LogP contribution in [-0.2, 0) is 0 Å². The maximum absolute atomic E-state index is 15.4. The molecule has 0 spiro atoms. The van der Waals surface area contributed by atoms with Crippen molar-refractivity contribution < 1.29 is 13.2 Å². The Bertz CT molecular complexity index is 664. The van der Waals surface area contributed by atoms with Crippen molar-refractivity contribution in [3.8, 4) is 0 Å². The lowest BCUT2D eigenvalue weighted by Gasteiger charge is -2.42. The fraction of sp³-hybridized carbons (Fsp3) is 1.00. The average Bonchev–Trinajstić information content (AvgIpc) is 2.97. The zero-order chi connectivity index (χ0) is 28.3. The lowest BCUT2D eigenvalue weighted by Crippen LogP contribution is -2.42. The first-order chi connectivity index (χ1) is 19.5. The summed E-state index contributed by atoms with van der Waals surface area (Å²) in [5, 5.41) is 0. The summed E-state index contributed by atoms with van der Waals surface area (Å²) in [7, 11) is 0. The molecule has 4 aliphatic carbocycles. The van der Waals surface area contributed by atoms with E-state index in [9.17, 15) is 0 Å². The van der Waals surface area contributed by atoms with Crippen LogP contribution < -0.4 is 0 Å². The second kappa shape index (κ2) is 17.2.